The van der Waals surface area contributed by atoms with Gasteiger partial charge < -0.3 is 23.7 Å². The second-order valence-corrected chi connectivity index (χ2v) is 7.62. The first kappa shape index (κ1) is 20.2. The highest BCUT2D eigenvalue weighted by molar-refractivity contribution is 7.80. The van der Waals surface area contributed by atoms with E-state index in [1.807, 2.05) is 35.2 Å². The van der Waals surface area contributed by atoms with Crippen molar-refractivity contribution < 1.29 is 23.5 Å². The van der Waals surface area contributed by atoms with E-state index in [-0.39, 0.29) is 29.9 Å². The number of piperidine rings is 1. The van der Waals surface area contributed by atoms with Crippen molar-refractivity contribution in [3.63, 3.8) is 0 Å². The molecular formula is C21H23N3O5S. The van der Waals surface area contributed by atoms with Crippen LogP contribution >= 0.6 is 12.2 Å². The lowest BCUT2D eigenvalue weighted by Crippen LogP contribution is -2.50. The topological polar surface area (TPSA) is 84.3 Å². The number of likely N-dealkylation sites (tertiary alicyclic amines) is 1. The molecule has 0 bridgehead atoms. The number of rotatable bonds is 5. The Morgan fingerprint density at radius 2 is 1.93 bits per heavy atom. The summed E-state index contributed by atoms with van der Waals surface area (Å²) in [7, 11) is 0. The van der Waals surface area contributed by atoms with Gasteiger partial charge in [-0.25, -0.2) is 4.79 Å². The minimum Gasteiger partial charge on any atom is -0.490 e. The normalized spacial score (nSPS) is 19.5. The zero-order valence-corrected chi connectivity index (χ0v) is 17.2. The molecule has 2 aliphatic heterocycles. The van der Waals surface area contributed by atoms with E-state index in [4.69, 9.17) is 26.1 Å². The predicted octanol–water partition coefficient (Wildman–Crippen LogP) is 2.66. The molecule has 9 heteroatoms. The van der Waals surface area contributed by atoms with Crippen molar-refractivity contribution in [2.45, 2.75) is 25.0 Å². The van der Waals surface area contributed by atoms with Crippen molar-refractivity contribution in [1.29, 1.82) is 0 Å². The Hall–Kier alpha value is -3.07. The minimum absolute atomic E-state index is 0.0825. The van der Waals surface area contributed by atoms with Crippen LogP contribution in [0.5, 0.6) is 5.75 Å². The predicted molar refractivity (Wildman–Crippen MR) is 112 cm³/mol. The Labute approximate surface area is 179 Å². The number of nitrogens with one attached hydrogen (secondary N) is 1. The highest BCUT2D eigenvalue weighted by Gasteiger charge is 2.38. The lowest BCUT2D eigenvalue weighted by atomic mass is 10.0. The van der Waals surface area contributed by atoms with Gasteiger partial charge in [-0.2, -0.15) is 0 Å². The molecule has 1 N–H and O–H groups in total. The molecule has 1 atom stereocenters. The molecule has 3 heterocycles. The molecule has 1 aromatic carbocycles. The zero-order chi connectivity index (χ0) is 20.9. The number of furan rings is 1. The summed E-state index contributed by atoms with van der Waals surface area (Å²) in [5.74, 6) is 0.609. The number of carbonyl (C=O) groups is 2. The molecule has 0 saturated carbocycles. The van der Waals surface area contributed by atoms with Gasteiger partial charge in [0.15, 0.2) is 17.0 Å². The maximum Gasteiger partial charge on any atom is 0.410 e. The number of ether oxygens (including phenoxy) is 2. The van der Waals surface area contributed by atoms with E-state index < -0.39 is 0 Å². The first-order valence-corrected chi connectivity index (χ1v) is 10.3. The summed E-state index contributed by atoms with van der Waals surface area (Å²) >= 11 is 5.35. The van der Waals surface area contributed by atoms with Crippen molar-refractivity contribution in [2.75, 3.05) is 26.2 Å². The standard InChI is InChI=1S/C21H23N3O5S/c25-19(18-7-4-12-27-18)22-20(30)23-10-8-15(9-11-23)24-13-17(29-21(24)26)14-28-16-5-2-1-3-6-16/h1-7,12,15,17H,8-11,13-14H2,(H,22,25,30). The molecule has 0 radical (unpaired) electrons. The molecular weight excluding hydrogens is 406 g/mol. The fourth-order valence-corrected chi connectivity index (χ4v) is 3.93. The van der Waals surface area contributed by atoms with Gasteiger partial charge in [0.1, 0.15) is 12.4 Å². The van der Waals surface area contributed by atoms with Gasteiger partial charge in [-0.05, 0) is 49.3 Å². The molecule has 2 saturated heterocycles. The third-order valence-corrected chi connectivity index (χ3v) is 5.60. The van der Waals surface area contributed by atoms with Gasteiger partial charge in [-0.1, -0.05) is 18.2 Å². The SMILES string of the molecule is O=C(NC(=S)N1CCC(N2CC(COc3ccccc3)OC2=O)CC1)c1ccco1. The number of para-hydroxylation sites is 1. The molecule has 2 aromatic rings. The Balaban J connectivity index is 1.23. The maximum atomic E-state index is 12.3. The smallest absolute Gasteiger partial charge is 0.410 e. The van der Waals surface area contributed by atoms with Crippen LogP contribution in [0.3, 0.4) is 0 Å². The summed E-state index contributed by atoms with van der Waals surface area (Å²) in [6.07, 6.45) is 2.35. The summed E-state index contributed by atoms with van der Waals surface area (Å²) in [4.78, 5) is 28.1. The van der Waals surface area contributed by atoms with Crippen LogP contribution in [0.4, 0.5) is 4.79 Å². The van der Waals surface area contributed by atoms with Crippen molar-refractivity contribution in [3.05, 3.63) is 54.5 Å². The minimum atomic E-state index is -0.364. The van der Waals surface area contributed by atoms with E-state index in [9.17, 15) is 9.59 Å². The van der Waals surface area contributed by atoms with Gasteiger partial charge in [0, 0.05) is 19.1 Å². The van der Waals surface area contributed by atoms with Crippen LogP contribution < -0.4 is 10.1 Å². The van der Waals surface area contributed by atoms with E-state index in [1.165, 1.54) is 6.26 Å². The van der Waals surface area contributed by atoms with E-state index in [2.05, 4.69) is 5.32 Å². The average molecular weight is 429 g/mol. The number of benzene rings is 1. The molecule has 4 rings (SSSR count). The van der Waals surface area contributed by atoms with Crippen LogP contribution in [0.15, 0.2) is 53.1 Å². The van der Waals surface area contributed by atoms with Crippen LogP contribution in [0.1, 0.15) is 23.4 Å². The summed E-state index contributed by atoms with van der Waals surface area (Å²) < 4.78 is 16.3. The molecule has 0 spiro atoms. The second-order valence-electron chi connectivity index (χ2n) is 7.24. The van der Waals surface area contributed by atoms with Gasteiger partial charge in [-0.15, -0.1) is 0 Å². The monoisotopic (exact) mass is 429 g/mol. The number of carbonyl (C=O) groups excluding carboxylic acids is 2. The van der Waals surface area contributed by atoms with Crippen LogP contribution in [-0.2, 0) is 4.74 Å². The van der Waals surface area contributed by atoms with Gasteiger partial charge in [0.2, 0.25) is 0 Å². The van der Waals surface area contributed by atoms with E-state index in [0.29, 0.717) is 31.4 Å². The van der Waals surface area contributed by atoms with Crippen LogP contribution in [0, 0.1) is 0 Å². The van der Waals surface area contributed by atoms with Crippen molar-refractivity contribution >= 4 is 29.3 Å². The molecule has 1 aromatic heterocycles. The number of thiocarbonyl (C=S) groups is 1. The molecule has 0 aliphatic carbocycles. The van der Waals surface area contributed by atoms with E-state index in [0.717, 1.165) is 18.6 Å². The lowest BCUT2D eigenvalue weighted by Gasteiger charge is -2.36. The number of hydrogen-bond donors (Lipinski definition) is 1. The highest BCUT2D eigenvalue weighted by Crippen LogP contribution is 2.23. The number of amides is 2. The molecule has 2 aliphatic rings. The second kappa shape index (κ2) is 9.17. The molecule has 2 amide bonds. The quantitative estimate of drug-likeness (QED) is 0.732. The summed E-state index contributed by atoms with van der Waals surface area (Å²) in [5, 5.41) is 3.06. The third kappa shape index (κ3) is 4.73. The summed E-state index contributed by atoms with van der Waals surface area (Å²) in [5.41, 5.74) is 0. The Morgan fingerprint density at radius 3 is 2.63 bits per heavy atom. The first-order chi connectivity index (χ1) is 14.6. The lowest BCUT2D eigenvalue weighted by molar-refractivity contribution is 0.0943. The average Bonchev–Trinajstić information content (AvgIpc) is 3.43. The van der Waals surface area contributed by atoms with Crippen LogP contribution in [0.25, 0.3) is 0 Å². The van der Waals surface area contributed by atoms with Crippen LogP contribution in [-0.4, -0.2) is 65.3 Å². The third-order valence-electron chi connectivity index (χ3n) is 5.24. The van der Waals surface area contributed by atoms with Crippen LogP contribution in [0.2, 0.25) is 0 Å². The fraction of sp³-hybridized carbons (Fsp3) is 0.381. The first-order valence-electron chi connectivity index (χ1n) is 9.89. The van der Waals surface area contributed by atoms with Gasteiger partial charge in [0.25, 0.3) is 5.91 Å². The summed E-state index contributed by atoms with van der Waals surface area (Å²) in [6, 6.07) is 12.8. The van der Waals surface area contributed by atoms with Crippen molar-refractivity contribution in [2.24, 2.45) is 0 Å². The number of hydrogen-bond acceptors (Lipinski definition) is 6. The number of cyclic esters (lactones) is 1. The summed E-state index contributed by atoms with van der Waals surface area (Å²) in [6.45, 7) is 2.14. The van der Waals surface area contributed by atoms with Crippen molar-refractivity contribution in [1.82, 2.24) is 15.1 Å². The van der Waals surface area contributed by atoms with E-state index in [1.54, 1.807) is 17.0 Å². The largest absolute Gasteiger partial charge is 0.490 e. The number of nitrogens with zero attached hydrogens (tertiary/aromatic N) is 2. The molecule has 30 heavy (non-hydrogen) atoms. The Kier molecular flexibility index (Phi) is 6.18. The van der Waals surface area contributed by atoms with E-state index >= 15 is 0 Å². The highest BCUT2D eigenvalue weighted by atomic mass is 32.1. The maximum absolute atomic E-state index is 12.3. The Morgan fingerprint density at radius 1 is 1.17 bits per heavy atom. The van der Waals surface area contributed by atoms with Gasteiger partial charge in [-0.3, -0.25) is 10.1 Å². The molecule has 1 unspecified atom stereocenters. The molecule has 2 fully saturated rings. The molecule has 8 nitrogen and oxygen atoms in total. The Bertz CT molecular complexity index is 881. The van der Waals surface area contributed by atoms with Gasteiger partial charge >= 0.3 is 6.09 Å². The van der Waals surface area contributed by atoms with Gasteiger partial charge in [0.05, 0.1) is 12.8 Å². The molecule has 158 valence electrons. The fourth-order valence-electron chi connectivity index (χ4n) is 3.66. The van der Waals surface area contributed by atoms with Crippen molar-refractivity contribution in [3.8, 4) is 5.75 Å². The zero-order valence-electron chi connectivity index (χ0n) is 16.4.